The highest BCUT2D eigenvalue weighted by molar-refractivity contribution is 6.00. The summed E-state index contributed by atoms with van der Waals surface area (Å²) in [5.74, 6) is -2.90. The highest BCUT2D eigenvalue weighted by Crippen LogP contribution is 2.31. The van der Waals surface area contributed by atoms with Crippen LogP contribution in [-0.2, 0) is 0 Å². The third-order valence-electron chi connectivity index (χ3n) is 3.18. The number of carboxylic acids is 1. The molecule has 5 nitrogen and oxygen atoms in total. The van der Waals surface area contributed by atoms with Gasteiger partial charge in [-0.3, -0.25) is 0 Å². The van der Waals surface area contributed by atoms with Gasteiger partial charge in [-0.15, -0.1) is 0 Å². The number of aromatic nitrogens is 1. The maximum Gasteiger partial charge on any atom is 0.338 e. The number of benzene rings is 2. The van der Waals surface area contributed by atoms with Crippen LogP contribution in [0.3, 0.4) is 0 Å². The van der Waals surface area contributed by atoms with Gasteiger partial charge in [-0.2, -0.15) is 0 Å². The summed E-state index contributed by atoms with van der Waals surface area (Å²) >= 11 is 0. The Morgan fingerprint density at radius 1 is 1.32 bits per heavy atom. The summed E-state index contributed by atoms with van der Waals surface area (Å²) in [6.07, 6.45) is 1.01. The molecule has 0 radical (unpaired) electrons. The van der Waals surface area contributed by atoms with Crippen molar-refractivity contribution in [2.24, 2.45) is 0 Å². The minimum atomic E-state index is -1.37. The van der Waals surface area contributed by atoms with E-state index in [0.717, 1.165) is 12.5 Å². The molecule has 0 atom stereocenters. The van der Waals surface area contributed by atoms with E-state index in [0.29, 0.717) is 5.56 Å². The topological polar surface area (TPSA) is 75.4 Å². The number of aromatic carboxylic acids is 1. The summed E-state index contributed by atoms with van der Waals surface area (Å²) in [7, 11) is 0. The lowest BCUT2D eigenvalue weighted by Crippen LogP contribution is -2.06. The van der Waals surface area contributed by atoms with E-state index in [1.807, 2.05) is 0 Å². The van der Waals surface area contributed by atoms with Crippen LogP contribution in [0.15, 0.2) is 35.1 Å². The lowest BCUT2D eigenvalue weighted by molar-refractivity contribution is 0.0697. The third kappa shape index (κ3) is 2.26. The van der Waals surface area contributed by atoms with Crippen molar-refractivity contribution in [3.05, 3.63) is 53.4 Å². The minimum Gasteiger partial charge on any atom is -0.478 e. The van der Waals surface area contributed by atoms with E-state index in [1.165, 1.54) is 12.1 Å². The van der Waals surface area contributed by atoms with Crippen molar-refractivity contribution in [3.63, 3.8) is 0 Å². The van der Waals surface area contributed by atoms with Gasteiger partial charge in [0.25, 0.3) is 0 Å². The Hall–Kier alpha value is -2.96. The van der Waals surface area contributed by atoms with E-state index in [9.17, 15) is 18.7 Å². The van der Waals surface area contributed by atoms with E-state index in [4.69, 9.17) is 4.42 Å². The number of halogens is 2. The molecule has 0 amide bonds. The number of nitrogens with zero attached hydrogens (tertiary/aromatic N) is 1. The van der Waals surface area contributed by atoms with Gasteiger partial charge < -0.3 is 14.8 Å². The molecule has 1 heterocycles. The van der Waals surface area contributed by atoms with Crippen molar-refractivity contribution in [1.82, 2.24) is 4.98 Å². The molecule has 2 N–H and O–H groups in total. The second-order valence-corrected chi connectivity index (χ2v) is 4.73. The predicted octanol–water partition coefficient (Wildman–Crippen LogP) is 3.86. The SMILES string of the molecule is Cc1ccc(Nc2c(C(=O)O)cc3ocnc3c2F)c(F)c1. The maximum absolute atomic E-state index is 14.4. The van der Waals surface area contributed by atoms with Crippen LogP contribution >= 0.6 is 0 Å². The van der Waals surface area contributed by atoms with Crippen LogP contribution in [0, 0.1) is 18.6 Å². The molecule has 7 heteroatoms. The summed E-state index contributed by atoms with van der Waals surface area (Å²) in [5.41, 5.74) is -0.202. The molecule has 0 aliphatic heterocycles. The minimum absolute atomic E-state index is 0.00447. The Labute approximate surface area is 123 Å². The third-order valence-corrected chi connectivity index (χ3v) is 3.18. The monoisotopic (exact) mass is 304 g/mol. The number of anilines is 2. The number of fused-ring (bicyclic) bond motifs is 1. The molecule has 0 aliphatic rings. The van der Waals surface area contributed by atoms with Gasteiger partial charge in [0.1, 0.15) is 11.3 Å². The molecule has 0 saturated carbocycles. The molecule has 3 aromatic rings. The van der Waals surface area contributed by atoms with Crippen LogP contribution in [0.2, 0.25) is 0 Å². The van der Waals surface area contributed by atoms with Crippen LogP contribution in [0.25, 0.3) is 11.1 Å². The van der Waals surface area contributed by atoms with Crippen LogP contribution < -0.4 is 5.32 Å². The van der Waals surface area contributed by atoms with Gasteiger partial charge in [0, 0.05) is 0 Å². The van der Waals surface area contributed by atoms with Crippen LogP contribution in [-0.4, -0.2) is 16.1 Å². The summed E-state index contributed by atoms with van der Waals surface area (Å²) in [5, 5.41) is 11.7. The highest BCUT2D eigenvalue weighted by Gasteiger charge is 2.21. The first-order valence-electron chi connectivity index (χ1n) is 6.29. The Kier molecular flexibility index (Phi) is 3.25. The van der Waals surface area contributed by atoms with E-state index in [2.05, 4.69) is 10.3 Å². The van der Waals surface area contributed by atoms with E-state index in [1.54, 1.807) is 13.0 Å². The summed E-state index contributed by atoms with van der Waals surface area (Å²) < 4.78 is 33.3. The lowest BCUT2D eigenvalue weighted by atomic mass is 10.1. The zero-order chi connectivity index (χ0) is 15.9. The molecule has 2 aromatic carbocycles. The normalized spacial score (nSPS) is 10.9. The highest BCUT2D eigenvalue weighted by atomic mass is 19.1. The quantitative estimate of drug-likeness (QED) is 0.768. The first-order chi connectivity index (χ1) is 10.5. The van der Waals surface area contributed by atoms with Gasteiger partial charge in [0.2, 0.25) is 0 Å². The van der Waals surface area contributed by atoms with Crippen molar-refractivity contribution in [2.45, 2.75) is 6.92 Å². The molecule has 22 heavy (non-hydrogen) atoms. The number of oxazole rings is 1. The summed E-state index contributed by atoms with van der Waals surface area (Å²) in [4.78, 5) is 15.0. The fraction of sp³-hybridized carbons (Fsp3) is 0.0667. The molecule has 0 spiro atoms. The Morgan fingerprint density at radius 2 is 2.09 bits per heavy atom. The van der Waals surface area contributed by atoms with E-state index in [-0.39, 0.29) is 28.0 Å². The maximum atomic E-state index is 14.4. The van der Waals surface area contributed by atoms with E-state index >= 15 is 0 Å². The molecule has 0 aliphatic carbocycles. The average molecular weight is 304 g/mol. The first-order valence-corrected chi connectivity index (χ1v) is 6.29. The second-order valence-electron chi connectivity index (χ2n) is 4.73. The van der Waals surface area contributed by atoms with Gasteiger partial charge in [-0.05, 0) is 30.7 Å². The van der Waals surface area contributed by atoms with Gasteiger partial charge in [-0.25, -0.2) is 18.6 Å². The molecular weight excluding hydrogens is 294 g/mol. The Bertz CT molecular complexity index is 890. The number of carbonyl (C=O) groups is 1. The molecular formula is C15H10F2N2O3. The van der Waals surface area contributed by atoms with Crippen molar-refractivity contribution < 1.29 is 23.1 Å². The molecule has 0 fully saturated rings. The van der Waals surface area contributed by atoms with Crippen molar-refractivity contribution in [2.75, 3.05) is 5.32 Å². The molecule has 0 bridgehead atoms. The Morgan fingerprint density at radius 3 is 2.77 bits per heavy atom. The van der Waals surface area contributed by atoms with Crippen molar-refractivity contribution in [1.29, 1.82) is 0 Å². The van der Waals surface area contributed by atoms with Crippen LogP contribution in [0.4, 0.5) is 20.2 Å². The number of hydrogen-bond acceptors (Lipinski definition) is 4. The van der Waals surface area contributed by atoms with Crippen LogP contribution in [0.1, 0.15) is 15.9 Å². The fourth-order valence-corrected chi connectivity index (χ4v) is 2.11. The number of carboxylic acid groups (broad SMARTS) is 1. The standard InChI is InChI=1S/C15H10F2N2O3/c1-7-2-3-10(9(16)4-7)19-13-8(15(20)21)5-11-14(12(13)17)18-6-22-11/h2-6,19H,1H3,(H,20,21). The number of aryl methyl sites for hydroxylation is 1. The second kappa shape index (κ2) is 5.10. The summed E-state index contributed by atoms with van der Waals surface area (Å²) in [6, 6.07) is 5.43. The zero-order valence-corrected chi connectivity index (χ0v) is 11.4. The predicted molar refractivity (Wildman–Crippen MR) is 75.3 cm³/mol. The van der Waals surface area contributed by atoms with Gasteiger partial charge in [-0.1, -0.05) is 6.07 Å². The molecule has 112 valence electrons. The lowest BCUT2D eigenvalue weighted by Gasteiger charge is -2.12. The van der Waals surface area contributed by atoms with Gasteiger partial charge in [0.15, 0.2) is 17.8 Å². The fourth-order valence-electron chi connectivity index (χ4n) is 2.11. The molecule has 1 aromatic heterocycles. The van der Waals surface area contributed by atoms with E-state index < -0.39 is 17.6 Å². The average Bonchev–Trinajstić information content (AvgIpc) is 2.92. The smallest absolute Gasteiger partial charge is 0.338 e. The zero-order valence-electron chi connectivity index (χ0n) is 11.4. The largest absolute Gasteiger partial charge is 0.478 e. The number of rotatable bonds is 3. The first kappa shape index (κ1) is 14.0. The van der Waals surface area contributed by atoms with Crippen LogP contribution in [0.5, 0.6) is 0 Å². The molecule has 0 unspecified atom stereocenters. The molecule has 3 rings (SSSR count). The summed E-state index contributed by atoms with van der Waals surface area (Å²) in [6.45, 7) is 1.71. The number of nitrogens with one attached hydrogen (secondary N) is 1. The van der Waals surface area contributed by atoms with Crippen molar-refractivity contribution in [3.8, 4) is 0 Å². The Balaban J connectivity index is 2.18. The van der Waals surface area contributed by atoms with Gasteiger partial charge in [0.05, 0.1) is 16.9 Å². The molecule has 0 saturated heterocycles. The number of hydrogen-bond donors (Lipinski definition) is 2. The van der Waals surface area contributed by atoms with Gasteiger partial charge >= 0.3 is 5.97 Å². The van der Waals surface area contributed by atoms with Crippen molar-refractivity contribution >= 4 is 28.4 Å².